The number of fused-ring (bicyclic) bond motifs is 10. The van der Waals surface area contributed by atoms with E-state index in [2.05, 4.69) is 25.3 Å². The summed E-state index contributed by atoms with van der Waals surface area (Å²) in [6.07, 6.45) is 8.55. The number of hydrogen-bond donors (Lipinski definition) is 3. The molecule has 246 valence electrons. The number of halogens is 3. The van der Waals surface area contributed by atoms with Gasteiger partial charge in [-0.25, -0.2) is 22.8 Å². The molecular formula is C36H33F3N6O3. The van der Waals surface area contributed by atoms with Crippen LogP contribution < -0.4 is 4.74 Å². The van der Waals surface area contributed by atoms with Gasteiger partial charge in [0, 0.05) is 58.7 Å². The summed E-state index contributed by atoms with van der Waals surface area (Å²) in [6.45, 7) is 2.11. The Morgan fingerprint density at radius 3 is 2.81 bits per heavy atom. The van der Waals surface area contributed by atoms with Crippen LogP contribution in [0.2, 0.25) is 0 Å². The molecule has 3 N–H and O–H groups in total. The Hall–Kier alpha value is -5.39. The zero-order valence-corrected chi connectivity index (χ0v) is 26.2. The lowest BCUT2D eigenvalue weighted by Crippen LogP contribution is -2.26. The molecule has 0 spiro atoms. The summed E-state index contributed by atoms with van der Waals surface area (Å²) in [5, 5.41) is 18.6. The van der Waals surface area contributed by atoms with Crippen LogP contribution in [0.1, 0.15) is 67.1 Å². The summed E-state index contributed by atoms with van der Waals surface area (Å²) < 4.78 is 55.0. The van der Waals surface area contributed by atoms with Gasteiger partial charge in [0.25, 0.3) is 0 Å². The number of aryl methyl sites for hydroxylation is 2. The highest BCUT2D eigenvalue weighted by molar-refractivity contribution is 5.85. The molecule has 7 rings (SSSR count). The lowest BCUT2D eigenvalue weighted by atomic mass is 9.74. The van der Waals surface area contributed by atoms with Gasteiger partial charge in [-0.3, -0.25) is 4.79 Å². The Morgan fingerprint density at radius 1 is 1.08 bits per heavy atom. The monoisotopic (exact) mass is 654 g/mol. The van der Waals surface area contributed by atoms with Crippen LogP contribution in [0, 0.1) is 17.5 Å². The number of carboxylic acids is 1. The first kappa shape index (κ1) is 31.2. The summed E-state index contributed by atoms with van der Waals surface area (Å²) in [6, 6.07) is 12.3. The number of rotatable bonds is 4. The van der Waals surface area contributed by atoms with Gasteiger partial charge < -0.3 is 19.8 Å². The molecule has 0 radical (unpaired) electrons. The number of carboxylic acid groups (broad SMARTS) is 1. The highest BCUT2D eigenvalue weighted by Crippen LogP contribution is 2.41. The molecule has 0 saturated heterocycles. The lowest BCUT2D eigenvalue weighted by Gasteiger charge is -2.30. The van der Waals surface area contributed by atoms with Gasteiger partial charge in [0.1, 0.15) is 23.2 Å². The normalized spacial score (nSPS) is 16.8. The second-order valence-corrected chi connectivity index (χ2v) is 12.5. The first-order valence-corrected chi connectivity index (χ1v) is 15.9. The second-order valence-electron chi connectivity index (χ2n) is 12.5. The van der Waals surface area contributed by atoms with E-state index in [4.69, 9.17) is 4.74 Å². The first-order valence-electron chi connectivity index (χ1n) is 15.9. The highest BCUT2D eigenvalue weighted by atomic mass is 19.1. The zero-order chi connectivity index (χ0) is 33.4. The highest BCUT2D eigenvalue weighted by Gasteiger charge is 2.34. The molecule has 12 heteroatoms. The Labute approximate surface area is 273 Å². The van der Waals surface area contributed by atoms with E-state index in [1.165, 1.54) is 24.3 Å². The SMILES string of the molecule is CC1(c2cccc(CCC(=O)O)c2F)CCCCCc2cn(nn2)Cc2c(c(F)cc3[nH]ccc23)Oc2ccc(F)c(c2)-c2ncc1[nH]2. The predicted molar refractivity (Wildman–Crippen MR) is 172 cm³/mol. The van der Waals surface area contributed by atoms with Gasteiger partial charge in [0.05, 0.1) is 17.8 Å². The molecule has 0 fully saturated rings. The average Bonchev–Trinajstić information content (AvgIpc) is 3.84. The number of aromatic amines is 2. The van der Waals surface area contributed by atoms with Crippen LogP contribution in [0.3, 0.4) is 0 Å². The molecule has 1 unspecified atom stereocenters. The van der Waals surface area contributed by atoms with Crippen molar-refractivity contribution in [1.29, 1.82) is 0 Å². The number of ether oxygens (including phenoxy) is 1. The van der Waals surface area contributed by atoms with Crippen molar-refractivity contribution < 1.29 is 27.8 Å². The molecule has 4 heterocycles. The van der Waals surface area contributed by atoms with Crippen molar-refractivity contribution in [2.45, 2.75) is 63.8 Å². The number of benzene rings is 3. The van der Waals surface area contributed by atoms with Gasteiger partial charge in [-0.1, -0.05) is 36.3 Å². The van der Waals surface area contributed by atoms with Crippen molar-refractivity contribution in [3.05, 3.63) is 113 Å². The molecule has 0 amide bonds. The molecule has 1 aliphatic rings. The number of carbonyl (C=O) groups is 1. The average molecular weight is 655 g/mol. The topological polar surface area (TPSA) is 122 Å². The number of aliphatic carboxylic acids is 1. The third-order valence-corrected chi connectivity index (χ3v) is 9.25. The Balaban J connectivity index is 1.33. The van der Waals surface area contributed by atoms with Gasteiger partial charge >= 0.3 is 5.97 Å². The number of nitrogens with one attached hydrogen (secondary N) is 2. The summed E-state index contributed by atoms with van der Waals surface area (Å²) in [5.74, 6) is -2.26. The summed E-state index contributed by atoms with van der Waals surface area (Å²) in [7, 11) is 0. The third kappa shape index (κ3) is 5.94. The molecule has 1 atom stereocenters. The molecule has 1 aliphatic heterocycles. The number of aromatic nitrogens is 6. The van der Waals surface area contributed by atoms with Gasteiger partial charge in [-0.15, -0.1) is 5.10 Å². The van der Waals surface area contributed by atoms with Crippen LogP contribution in [0.5, 0.6) is 11.5 Å². The molecule has 0 aliphatic carbocycles. The van der Waals surface area contributed by atoms with E-state index in [1.807, 2.05) is 19.2 Å². The van der Waals surface area contributed by atoms with Crippen molar-refractivity contribution in [3.8, 4) is 22.9 Å². The number of H-pyrrole nitrogens is 2. The van der Waals surface area contributed by atoms with Gasteiger partial charge in [-0.05, 0) is 68.0 Å². The van der Waals surface area contributed by atoms with E-state index in [9.17, 15) is 9.90 Å². The van der Waals surface area contributed by atoms with Gasteiger partial charge in [0.15, 0.2) is 11.6 Å². The fourth-order valence-corrected chi connectivity index (χ4v) is 6.61. The fraction of sp³-hybridized carbons (Fsp3) is 0.278. The molecule has 48 heavy (non-hydrogen) atoms. The van der Waals surface area contributed by atoms with Crippen LogP contribution in [-0.2, 0) is 29.6 Å². The fourth-order valence-electron chi connectivity index (χ4n) is 6.61. The van der Waals surface area contributed by atoms with Crippen LogP contribution >= 0.6 is 0 Å². The number of imidazole rings is 1. The van der Waals surface area contributed by atoms with E-state index in [1.54, 1.807) is 35.3 Å². The maximum absolute atomic E-state index is 16.1. The Bertz CT molecular complexity index is 2140. The van der Waals surface area contributed by atoms with Crippen LogP contribution in [0.15, 0.2) is 67.1 Å². The van der Waals surface area contributed by atoms with Crippen LogP contribution in [-0.4, -0.2) is 41.0 Å². The standard InChI is InChI=1S/C36H33F3N6O3/c1-36(27-8-5-6-21(33(27)39)9-12-32(46)47)14-4-2-3-7-22-19-45(44-43-22)20-26-24-13-15-40-30(24)17-29(38)34(26)48-23-10-11-28(37)25(16-23)35-41-18-31(36)42-35/h5-6,8,10-11,13,15-19,40H,2-4,7,9,12,14,20H2,1H3,(H,41,42)(H,46,47). The van der Waals surface area contributed by atoms with Crippen molar-refractivity contribution >= 4 is 16.9 Å². The van der Waals surface area contributed by atoms with Crippen molar-refractivity contribution in [3.63, 3.8) is 0 Å². The van der Waals surface area contributed by atoms with E-state index < -0.39 is 28.8 Å². The molecule has 3 aromatic carbocycles. The zero-order valence-electron chi connectivity index (χ0n) is 26.2. The Kier molecular flexibility index (Phi) is 8.24. The summed E-state index contributed by atoms with van der Waals surface area (Å²) in [4.78, 5) is 22.0. The number of hydrogen-bond acceptors (Lipinski definition) is 5. The number of nitrogens with zero attached hydrogens (tertiary/aromatic N) is 4. The molecule has 6 bridgehead atoms. The molecular weight excluding hydrogens is 621 g/mol. The van der Waals surface area contributed by atoms with Crippen molar-refractivity contribution in [2.24, 2.45) is 0 Å². The molecule has 0 saturated carbocycles. The van der Waals surface area contributed by atoms with Crippen LogP contribution in [0.4, 0.5) is 13.2 Å². The molecule has 3 aromatic heterocycles. The van der Waals surface area contributed by atoms with E-state index in [0.29, 0.717) is 40.7 Å². The van der Waals surface area contributed by atoms with Gasteiger partial charge in [-0.2, -0.15) is 0 Å². The maximum Gasteiger partial charge on any atom is 0.303 e. The quantitative estimate of drug-likeness (QED) is 0.178. The van der Waals surface area contributed by atoms with E-state index in [0.717, 1.165) is 30.3 Å². The maximum atomic E-state index is 16.1. The minimum atomic E-state index is -1.01. The molecule has 9 nitrogen and oxygen atoms in total. The molecule has 6 aromatic rings. The largest absolute Gasteiger partial charge is 0.481 e. The smallest absolute Gasteiger partial charge is 0.303 e. The first-order chi connectivity index (χ1) is 23.2. The van der Waals surface area contributed by atoms with E-state index in [-0.39, 0.29) is 42.3 Å². The second kappa shape index (κ2) is 12.7. The summed E-state index contributed by atoms with van der Waals surface area (Å²) >= 11 is 0. The Morgan fingerprint density at radius 2 is 1.96 bits per heavy atom. The van der Waals surface area contributed by atoms with Crippen molar-refractivity contribution in [2.75, 3.05) is 0 Å². The van der Waals surface area contributed by atoms with Gasteiger partial charge in [0.2, 0.25) is 0 Å². The summed E-state index contributed by atoms with van der Waals surface area (Å²) in [5.41, 5.74) is 2.42. The lowest BCUT2D eigenvalue weighted by molar-refractivity contribution is -0.136. The third-order valence-electron chi connectivity index (χ3n) is 9.25. The predicted octanol–water partition coefficient (Wildman–Crippen LogP) is 7.85. The van der Waals surface area contributed by atoms with Crippen molar-refractivity contribution in [1.82, 2.24) is 29.9 Å². The van der Waals surface area contributed by atoms with Crippen LogP contribution in [0.25, 0.3) is 22.3 Å². The van der Waals surface area contributed by atoms with E-state index >= 15 is 13.2 Å². The minimum Gasteiger partial charge on any atom is -0.481 e. The minimum absolute atomic E-state index is 0.0133.